The number of aromatic nitrogens is 1. The van der Waals surface area contributed by atoms with Crippen molar-refractivity contribution in [2.24, 2.45) is 0 Å². The van der Waals surface area contributed by atoms with Crippen molar-refractivity contribution < 1.29 is 4.79 Å². The Labute approximate surface area is 123 Å². The van der Waals surface area contributed by atoms with Crippen LogP contribution in [-0.4, -0.2) is 10.5 Å². The third kappa shape index (κ3) is 3.95. The molecule has 0 fully saturated rings. The van der Waals surface area contributed by atoms with Crippen molar-refractivity contribution in [3.8, 4) is 0 Å². The van der Waals surface area contributed by atoms with Crippen LogP contribution < -0.4 is 16.6 Å². The van der Waals surface area contributed by atoms with Crippen LogP contribution in [0.4, 0.5) is 11.4 Å². The van der Waals surface area contributed by atoms with E-state index in [4.69, 9.17) is 5.73 Å². The van der Waals surface area contributed by atoms with Gasteiger partial charge in [-0.3, -0.25) is 9.59 Å². The first-order valence-electron chi connectivity index (χ1n) is 6.81. The third-order valence-electron chi connectivity index (χ3n) is 3.18. The Morgan fingerprint density at radius 2 is 1.86 bits per heavy atom. The standard InChI is InChI=1S/C16H19N3O2/c1-11(2)12-3-6-14(7-4-12)18-15(20)10-19-9-13(17)5-8-16(19)21/h3-9,11H,10,17H2,1-2H3,(H,18,20). The maximum Gasteiger partial charge on any atom is 0.251 e. The predicted octanol–water partition coefficient (Wildman–Crippen LogP) is 2.19. The average molecular weight is 285 g/mol. The number of hydrogen-bond donors (Lipinski definition) is 2. The molecule has 0 aliphatic carbocycles. The highest BCUT2D eigenvalue weighted by Crippen LogP contribution is 2.17. The number of carbonyl (C=O) groups is 1. The summed E-state index contributed by atoms with van der Waals surface area (Å²) in [5.74, 6) is 0.181. The quantitative estimate of drug-likeness (QED) is 0.904. The van der Waals surface area contributed by atoms with Crippen LogP contribution in [0.25, 0.3) is 0 Å². The van der Waals surface area contributed by atoms with Gasteiger partial charge in [-0.2, -0.15) is 0 Å². The number of rotatable bonds is 4. The second-order valence-corrected chi connectivity index (χ2v) is 5.25. The molecule has 5 nitrogen and oxygen atoms in total. The van der Waals surface area contributed by atoms with E-state index in [0.717, 1.165) is 0 Å². The molecule has 0 aliphatic heterocycles. The largest absolute Gasteiger partial charge is 0.398 e. The fraction of sp³-hybridized carbons (Fsp3) is 0.250. The monoisotopic (exact) mass is 285 g/mol. The lowest BCUT2D eigenvalue weighted by molar-refractivity contribution is -0.116. The second-order valence-electron chi connectivity index (χ2n) is 5.25. The van der Waals surface area contributed by atoms with Crippen LogP contribution in [0, 0.1) is 0 Å². The molecule has 1 aromatic carbocycles. The highest BCUT2D eigenvalue weighted by molar-refractivity contribution is 5.90. The summed E-state index contributed by atoms with van der Waals surface area (Å²) < 4.78 is 1.28. The van der Waals surface area contributed by atoms with E-state index in [2.05, 4.69) is 19.2 Å². The van der Waals surface area contributed by atoms with E-state index in [1.807, 2.05) is 24.3 Å². The zero-order valence-electron chi connectivity index (χ0n) is 12.2. The number of amides is 1. The van der Waals surface area contributed by atoms with Gasteiger partial charge in [-0.05, 0) is 29.7 Å². The van der Waals surface area contributed by atoms with Crippen LogP contribution in [0.1, 0.15) is 25.3 Å². The number of hydrogen-bond acceptors (Lipinski definition) is 3. The average Bonchev–Trinajstić information content (AvgIpc) is 2.43. The number of nitrogens with zero attached hydrogens (tertiary/aromatic N) is 1. The van der Waals surface area contributed by atoms with Gasteiger partial charge >= 0.3 is 0 Å². The van der Waals surface area contributed by atoms with Gasteiger partial charge in [0, 0.05) is 23.6 Å². The smallest absolute Gasteiger partial charge is 0.251 e. The van der Waals surface area contributed by atoms with E-state index in [1.165, 1.54) is 28.5 Å². The summed E-state index contributed by atoms with van der Waals surface area (Å²) in [6, 6.07) is 10.5. The van der Waals surface area contributed by atoms with Crippen LogP contribution in [0.3, 0.4) is 0 Å². The van der Waals surface area contributed by atoms with Crippen molar-refractivity contribution in [1.82, 2.24) is 4.57 Å². The number of benzene rings is 1. The predicted molar refractivity (Wildman–Crippen MR) is 84.3 cm³/mol. The maximum atomic E-state index is 12.0. The Bertz CT molecular complexity index is 687. The fourth-order valence-electron chi connectivity index (χ4n) is 1.98. The molecule has 110 valence electrons. The van der Waals surface area contributed by atoms with E-state index in [0.29, 0.717) is 17.3 Å². The van der Waals surface area contributed by atoms with Crippen LogP contribution in [0.2, 0.25) is 0 Å². The van der Waals surface area contributed by atoms with Crippen LogP contribution in [-0.2, 0) is 11.3 Å². The van der Waals surface area contributed by atoms with E-state index in [9.17, 15) is 9.59 Å². The summed E-state index contributed by atoms with van der Waals surface area (Å²) in [5, 5.41) is 2.76. The molecule has 0 spiro atoms. The van der Waals surface area contributed by atoms with Crippen LogP contribution in [0.5, 0.6) is 0 Å². The normalized spacial score (nSPS) is 10.6. The molecule has 1 heterocycles. The molecular weight excluding hydrogens is 266 g/mol. The minimum atomic E-state index is -0.264. The molecular formula is C16H19N3O2. The number of nitrogen functional groups attached to an aromatic ring is 1. The molecule has 0 bridgehead atoms. The maximum absolute atomic E-state index is 12.0. The third-order valence-corrected chi connectivity index (χ3v) is 3.18. The number of nitrogens with two attached hydrogens (primary N) is 1. The zero-order valence-corrected chi connectivity index (χ0v) is 12.2. The lowest BCUT2D eigenvalue weighted by Crippen LogP contribution is -2.27. The van der Waals surface area contributed by atoms with Gasteiger partial charge in [0.15, 0.2) is 0 Å². The first-order chi connectivity index (χ1) is 9.95. The van der Waals surface area contributed by atoms with Gasteiger partial charge in [0.1, 0.15) is 6.54 Å². The first kappa shape index (κ1) is 14.8. The Morgan fingerprint density at radius 3 is 2.48 bits per heavy atom. The van der Waals surface area contributed by atoms with Crippen LogP contribution in [0.15, 0.2) is 47.4 Å². The molecule has 5 heteroatoms. The molecule has 0 saturated heterocycles. The summed E-state index contributed by atoms with van der Waals surface area (Å²) in [7, 11) is 0. The molecule has 1 amide bonds. The van der Waals surface area contributed by atoms with Gasteiger partial charge in [0.2, 0.25) is 5.91 Å². The molecule has 21 heavy (non-hydrogen) atoms. The van der Waals surface area contributed by atoms with Gasteiger partial charge < -0.3 is 15.6 Å². The summed E-state index contributed by atoms with van der Waals surface area (Å²) in [6.45, 7) is 4.16. The molecule has 3 N–H and O–H groups in total. The van der Waals surface area contributed by atoms with Crippen LogP contribution >= 0.6 is 0 Å². The van der Waals surface area contributed by atoms with Crippen molar-refractivity contribution in [2.45, 2.75) is 26.3 Å². The number of anilines is 2. The minimum Gasteiger partial charge on any atom is -0.398 e. The topological polar surface area (TPSA) is 77.1 Å². The highest BCUT2D eigenvalue weighted by Gasteiger charge is 2.06. The van der Waals surface area contributed by atoms with Gasteiger partial charge in [0.05, 0.1) is 0 Å². The Morgan fingerprint density at radius 1 is 1.19 bits per heavy atom. The van der Waals surface area contributed by atoms with Crippen molar-refractivity contribution in [2.75, 3.05) is 11.1 Å². The Hall–Kier alpha value is -2.56. The van der Waals surface area contributed by atoms with Crippen molar-refractivity contribution >= 4 is 17.3 Å². The Kier molecular flexibility index (Phi) is 4.42. The summed E-state index contributed by atoms with van der Waals surface area (Å²) in [4.78, 5) is 23.6. The fourth-order valence-corrected chi connectivity index (χ4v) is 1.98. The van der Waals surface area contributed by atoms with E-state index >= 15 is 0 Å². The lowest BCUT2D eigenvalue weighted by Gasteiger charge is -2.09. The summed E-state index contributed by atoms with van der Waals surface area (Å²) in [6.07, 6.45) is 1.46. The molecule has 0 unspecified atom stereocenters. The first-order valence-corrected chi connectivity index (χ1v) is 6.81. The zero-order chi connectivity index (χ0) is 15.4. The molecule has 0 aliphatic rings. The Balaban J connectivity index is 2.04. The molecule has 0 atom stereocenters. The SMILES string of the molecule is CC(C)c1ccc(NC(=O)Cn2cc(N)ccc2=O)cc1. The van der Waals surface area contributed by atoms with Crippen molar-refractivity contribution in [3.63, 3.8) is 0 Å². The van der Waals surface area contributed by atoms with Gasteiger partial charge in [-0.1, -0.05) is 26.0 Å². The molecule has 1 aromatic heterocycles. The van der Waals surface area contributed by atoms with Crippen molar-refractivity contribution in [1.29, 1.82) is 0 Å². The van der Waals surface area contributed by atoms with Crippen molar-refractivity contribution in [3.05, 3.63) is 58.5 Å². The number of pyridine rings is 1. The summed E-state index contributed by atoms with van der Waals surface area (Å²) in [5.41, 5.74) is 7.72. The highest BCUT2D eigenvalue weighted by atomic mass is 16.2. The molecule has 0 radical (unpaired) electrons. The molecule has 2 rings (SSSR count). The second kappa shape index (κ2) is 6.26. The van der Waals surface area contributed by atoms with Gasteiger partial charge in [-0.15, -0.1) is 0 Å². The number of carbonyl (C=O) groups excluding carboxylic acids is 1. The lowest BCUT2D eigenvalue weighted by atomic mass is 10.0. The molecule has 2 aromatic rings. The summed E-state index contributed by atoms with van der Waals surface area (Å²) >= 11 is 0. The van der Waals surface area contributed by atoms with Gasteiger partial charge in [-0.25, -0.2) is 0 Å². The van der Waals surface area contributed by atoms with Gasteiger partial charge in [0.25, 0.3) is 5.56 Å². The van der Waals surface area contributed by atoms with E-state index < -0.39 is 0 Å². The minimum absolute atomic E-state index is 0.0597. The molecule has 0 saturated carbocycles. The van der Waals surface area contributed by atoms with E-state index in [1.54, 1.807) is 0 Å². The van der Waals surface area contributed by atoms with E-state index in [-0.39, 0.29) is 18.0 Å². The number of nitrogens with one attached hydrogen (secondary N) is 1.